The van der Waals surface area contributed by atoms with Crippen LogP contribution in [0, 0.1) is 0 Å². The van der Waals surface area contributed by atoms with Gasteiger partial charge in [-0.05, 0) is 60.8 Å². The Morgan fingerprint density at radius 1 is 1.50 bits per heavy atom. The summed E-state index contributed by atoms with van der Waals surface area (Å²) in [5.74, 6) is 0.575. The van der Waals surface area contributed by atoms with Crippen LogP contribution < -0.4 is 9.88 Å². The number of hydrogen-bond acceptors (Lipinski definition) is 4. The average molecular weight is 364 g/mol. The molecule has 1 aromatic rings. The quantitative estimate of drug-likeness (QED) is 0.890. The zero-order valence-corrected chi connectivity index (χ0v) is 13.8. The van der Waals surface area contributed by atoms with Gasteiger partial charge in [0.15, 0.2) is 0 Å². The van der Waals surface area contributed by atoms with Crippen molar-refractivity contribution in [2.24, 2.45) is 5.14 Å². The molecule has 0 amide bonds. The summed E-state index contributed by atoms with van der Waals surface area (Å²) in [6, 6.07) is 4.45. The molecule has 1 unspecified atom stereocenters. The maximum absolute atomic E-state index is 11.2. The number of benzene rings is 1. The zero-order valence-electron chi connectivity index (χ0n) is 11.4. The molecule has 20 heavy (non-hydrogen) atoms. The Bertz CT molecular complexity index is 600. The SMILES string of the molecule is CC1(C)CCC(COc2ccc(S(N)(=O)=O)cc2Br)O1. The van der Waals surface area contributed by atoms with Crippen LogP contribution in [0.5, 0.6) is 5.75 Å². The first-order valence-electron chi connectivity index (χ1n) is 6.30. The summed E-state index contributed by atoms with van der Waals surface area (Å²) in [6.45, 7) is 4.56. The molecule has 1 fully saturated rings. The second-order valence-electron chi connectivity index (χ2n) is 5.49. The molecule has 1 aromatic carbocycles. The van der Waals surface area contributed by atoms with Gasteiger partial charge in [0.25, 0.3) is 0 Å². The predicted molar refractivity (Wildman–Crippen MR) is 79.2 cm³/mol. The minimum absolute atomic E-state index is 0.0509. The highest BCUT2D eigenvalue weighted by molar-refractivity contribution is 9.10. The molecule has 0 bridgehead atoms. The van der Waals surface area contributed by atoms with Gasteiger partial charge in [0.1, 0.15) is 12.4 Å². The Labute approximate surface area is 127 Å². The molecule has 112 valence electrons. The van der Waals surface area contributed by atoms with Crippen molar-refractivity contribution in [3.05, 3.63) is 22.7 Å². The van der Waals surface area contributed by atoms with Crippen LogP contribution in [0.4, 0.5) is 0 Å². The van der Waals surface area contributed by atoms with Crippen molar-refractivity contribution in [3.8, 4) is 5.75 Å². The van der Waals surface area contributed by atoms with E-state index in [4.69, 9.17) is 14.6 Å². The second-order valence-corrected chi connectivity index (χ2v) is 7.90. The van der Waals surface area contributed by atoms with Crippen LogP contribution in [0.15, 0.2) is 27.6 Å². The van der Waals surface area contributed by atoms with Crippen LogP contribution in [-0.4, -0.2) is 26.7 Å². The molecular formula is C13H18BrNO4S. The molecule has 1 aliphatic heterocycles. The number of sulfonamides is 1. The fraction of sp³-hybridized carbons (Fsp3) is 0.538. The predicted octanol–water partition coefficient (Wildman–Crippen LogP) is 2.43. The molecule has 1 saturated heterocycles. The van der Waals surface area contributed by atoms with Gasteiger partial charge < -0.3 is 9.47 Å². The summed E-state index contributed by atoms with van der Waals surface area (Å²) in [4.78, 5) is 0.0509. The van der Waals surface area contributed by atoms with E-state index in [0.29, 0.717) is 16.8 Å². The van der Waals surface area contributed by atoms with E-state index in [1.807, 2.05) is 0 Å². The Morgan fingerprint density at radius 3 is 2.70 bits per heavy atom. The largest absolute Gasteiger partial charge is 0.490 e. The number of nitrogens with two attached hydrogens (primary N) is 1. The summed E-state index contributed by atoms with van der Waals surface area (Å²) < 4.78 is 34.5. The normalized spacial score (nSPS) is 21.9. The van der Waals surface area contributed by atoms with Gasteiger partial charge in [-0.3, -0.25) is 0 Å². The van der Waals surface area contributed by atoms with E-state index in [-0.39, 0.29) is 16.6 Å². The second kappa shape index (κ2) is 5.63. The minimum atomic E-state index is -3.70. The van der Waals surface area contributed by atoms with Crippen LogP contribution in [0.25, 0.3) is 0 Å². The highest BCUT2D eigenvalue weighted by Gasteiger charge is 2.32. The molecule has 1 atom stereocenters. The van der Waals surface area contributed by atoms with Gasteiger partial charge >= 0.3 is 0 Å². The highest BCUT2D eigenvalue weighted by Crippen LogP contribution is 2.31. The zero-order chi connectivity index (χ0) is 15.0. The van der Waals surface area contributed by atoms with E-state index in [0.717, 1.165) is 12.8 Å². The standard InChI is InChI=1S/C13H18BrNO4S/c1-13(2)6-5-9(19-13)8-18-12-4-3-10(7-11(12)14)20(15,16)17/h3-4,7,9H,5-6,8H2,1-2H3,(H2,15,16,17). The Hall–Kier alpha value is -0.630. The van der Waals surface area contributed by atoms with Gasteiger partial charge in [-0.1, -0.05) is 0 Å². The van der Waals surface area contributed by atoms with E-state index in [2.05, 4.69) is 29.8 Å². The third-order valence-electron chi connectivity index (χ3n) is 3.21. The summed E-state index contributed by atoms with van der Waals surface area (Å²) >= 11 is 3.29. The molecule has 7 heteroatoms. The molecule has 2 N–H and O–H groups in total. The smallest absolute Gasteiger partial charge is 0.238 e. The molecule has 1 heterocycles. The van der Waals surface area contributed by atoms with Gasteiger partial charge in [-0.2, -0.15) is 0 Å². The van der Waals surface area contributed by atoms with E-state index in [1.165, 1.54) is 12.1 Å². The first-order chi connectivity index (χ1) is 9.17. The van der Waals surface area contributed by atoms with Crippen molar-refractivity contribution in [2.75, 3.05) is 6.61 Å². The van der Waals surface area contributed by atoms with Gasteiger partial charge in [0, 0.05) is 0 Å². The van der Waals surface area contributed by atoms with E-state index in [9.17, 15) is 8.42 Å². The molecule has 0 aliphatic carbocycles. The van der Waals surface area contributed by atoms with E-state index >= 15 is 0 Å². The van der Waals surface area contributed by atoms with E-state index in [1.54, 1.807) is 6.07 Å². The number of ether oxygens (including phenoxy) is 2. The van der Waals surface area contributed by atoms with Crippen LogP contribution >= 0.6 is 15.9 Å². The fourth-order valence-electron chi connectivity index (χ4n) is 2.15. The average Bonchev–Trinajstić information content (AvgIpc) is 2.66. The third kappa shape index (κ3) is 3.94. The summed E-state index contributed by atoms with van der Waals surface area (Å²) in [6.07, 6.45) is 2.03. The van der Waals surface area contributed by atoms with Crippen molar-refractivity contribution < 1.29 is 17.9 Å². The van der Waals surface area contributed by atoms with Gasteiger partial charge in [0.05, 0.1) is 21.1 Å². The first kappa shape index (κ1) is 15.8. The molecule has 2 rings (SSSR count). The molecular weight excluding hydrogens is 346 g/mol. The Balaban J connectivity index is 2.01. The lowest BCUT2D eigenvalue weighted by Gasteiger charge is -2.19. The molecule has 0 saturated carbocycles. The van der Waals surface area contributed by atoms with Crippen molar-refractivity contribution in [1.82, 2.24) is 0 Å². The Morgan fingerprint density at radius 2 is 2.20 bits per heavy atom. The van der Waals surface area contributed by atoms with Gasteiger partial charge in [0.2, 0.25) is 10.0 Å². The molecule has 0 radical (unpaired) electrons. The lowest BCUT2D eigenvalue weighted by atomic mass is 10.1. The van der Waals surface area contributed by atoms with Crippen molar-refractivity contribution in [3.63, 3.8) is 0 Å². The fourth-order valence-corrected chi connectivity index (χ4v) is 3.34. The topological polar surface area (TPSA) is 78.6 Å². The molecule has 1 aliphatic rings. The number of halogens is 1. The minimum Gasteiger partial charge on any atom is -0.490 e. The van der Waals surface area contributed by atoms with Crippen molar-refractivity contribution in [1.29, 1.82) is 0 Å². The molecule has 5 nitrogen and oxygen atoms in total. The first-order valence-corrected chi connectivity index (χ1v) is 8.64. The maximum Gasteiger partial charge on any atom is 0.238 e. The Kier molecular flexibility index (Phi) is 4.44. The molecule has 0 aromatic heterocycles. The highest BCUT2D eigenvalue weighted by atomic mass is 79.9. The van der Waals surface area contributed by atoms with Crippen molar-refractivity contribution >= 4 is 26.0 Å². The van der Waals surface area contributed by atoms with Crippen LogP contribution in [0.1, 0.15) is 26.7 Å². The van der Waals surface area contributed by atoms with Crippen LogP contribution in [0.2, 0.25) is 0 Å². The van der Waals surface area contributed by atoms with Gasteiger partial charge in [-0.15, -0.1) is 0 Å². The summed E-state index contributed by atoms with van der Waals surface area (Å²) in [7, 11) is -3.70. The lowest BCUT2D eigenvalue weighted by molar-refractivity contribution is -0.0327. The van der Waals surface area contributed by atoms with Crippen LogP contribution in [-0.2, 0) is 14.8 Å². The maximum atomic E-state index is 11.2. The number of hydrogen-bond donors (Lipinski definition) is 1. The molecule has 0 spiro atoms. The van der Waals surface area contributed by atoms with Crippen LogP contribution in [0.3, 0.4) is 0 Å². The monoisotopic (exact) mass is 363 g/mol. The number of rotatable bonds is 4. The third-order valence-corrected chi connectivity index (χ3v) is 4.74. The summed E-state index contributed by atoms with van der Waals surface area (Å²) in [5.41, 5.74) is -0.0945. The van der Waals surface area contributed by atoms with Crippen molar-refractivity contribution in [2.45, 2.75) is 43.3 Å². The number of primary sulfonamides is 1. The summed E-state index contributed by atoms with van der Waals surface area (Å²) in [5, 5.41) is 5.07. The lowest BCUT2D eigenvalue weighted by Crippen LogP contribution is -2.24. The van der Waals surface area contributed by atoms with Gasteiger partial charge in [-0.25, -0.2) is 13.6 Å². The van der Waals surface area contributed by atoms with E-state index < -0.39 is 10.0 Å².